The molecule has 0 saturated carbocycles. The summed E-state index contributed by atoms with van der Waals surface area (Å²) in [5.74, 6) is 1.11. The van der Waals surface area contributed by atoms with Gasteiger partial charge in [-0.15, -0.1) is 0 Å². The maximum atomic E-state index is 10.0. The fourth-order valence-corrected chi connectivity index (χ4v) is 5.09. The molecule has 0 aliphatic carbocycles. The molecule has 4 nitrogen and oxygen atoms in total. The number of aliphatic hydroxyl groups is 1. The lowest BCUT2D eigenvalue weighted by atomic mass is 9.84. The van der Waals surface area contributed by atoms with Gasteiger partial charge in [-0.3, -0.25) is 0 Å². The Morgan fingerprint density at radius 1 is 1.06 bits per heavy atom. The van der Waals surface area contributed by atoms with Gasteiger partial charge in [-0.2, -0.15) is 0 Å². The molecule has 0 radical (unpaired) electrons. The van der Waals surface area contributed by atoms with E-state index >= 15 is 0 Å². The van der Waals surface area contributed by atoms with Crippen LogP contribution in [0, 0.1) is 17.8 Å². The van der Waals surface area contributed by atoms with Gasteiger partial charge in [-0.25, -0.2) is 0 Å². The van der Waals surface area contributed by atoms with E-state index in [1.54, 1.807) is 13.2 Å². The Morgan fingerprint density at radius 3 is 2.12 bits per heavy atom. The van der Waals surface area contributed by atoms with Crippen molar-refractivity contribution < 1.29 is 19.0 Å². The first kappa shape index (κ1) is 28.6. The maximum Gasteiger partial charge on any atom is 0.192 e. The molecule has 0 heterocycles. The van der Waals surface area contributed by atoms with Gasteiger partial charge in [0.05, 0.1) is 25.9 Å². The summed E-state index contributed by atoms with van der Waals surface area (Å²) in [6, 6.07) is 7.97. The minimum atomic E-state index is -2.03. The molecule has 182 valence electrons. The number of aliphatic hydroxyl groups excluding tert-OH is 1. The highest BCUT2D eigenvalue weighted by atomic mass is 28.4. The molecule has 32 heavy (non-hydrogen) atoms. The number of hydrogen-bond donors (Lipinski definition) is 1. The summed E-state index contributed by atoms with van der Waals surface area (Å²) in [7, 11) is -0.360. The van der Waals surface area contributed by atoms with E-state index in [-0.39, 0.29) is 41.6 Å². The second kappa shape index (κ2) is 12.7. The molecule has 0 saturated heterocycles. The lowest BCUT2D eigenvalue weighted by molar-refractivity contribution is -0.0694. The Morgan fingerprint density at radius 2 is 1.66 bits per heavy atom. The number of methoxy groups -OCH3 is 1. The Hall–Kier alpha value is -1.40. The molecule has 0 aliphatic heterocycles. The third kappa shape index (κ3) is 8.18. The molecule has 0 bridgehead atoms. The van der Waals surface area contributed by atoms with Crippen LogP contribution in [-0.4, -0.2) is 39.3 Å². The van der Waals surface area contributed by atoms with Crippen LogP contribution in [0.1, 0.15) is 47.1 Å². The zero-order valence-corrected chi connectivity index (χ0v) is 22.7. The first-order valence-electron chi connectivity index (χ1n) is 11.7. The molecule has 0 amide bonds. The Balaban J connectivity index is 3.18. The molecule has 1 aromatic rings. The summed E-state index contributed by atoms with van der Waals surface area (Å²) in [6.45, 7) is 22.1. The quantitative estimate of drug-likeness (QED) is 0.264. The van der Waals surface area contributed by atoms with E-state index < -0.39 is 8.32 Å². The topological polar surface area (TPSA) is 47.9 Å². The standard InChI is InChI=1S/C27H46O4Si/c1-11-12-13-20(2)25(30-19-23-14-16-24(29-8)17-15-23)22(4)26(21(3)18-28)31-32(9,10)27(5,6)7/h11-17,20-22,25-26,28H,1,18-19H2,2-10H3/b13-12-/t20-,21-,22+,25-,26+/m0/s1. The van der Waals surface area contributed by atoms with E-state index in [1.807, 2.05) is 30.3 Å². The summed E-state index contributed by atoms with van der Waals surface area (Å²) in [6.07, 6.45) is 5.73. The summed E-state index contributed by atoms with van der Waals surface area (Å²) < 4.78 is 18.7. The number of benzene rings is 1. The molecular formula is C27H46O4Si. The zero-order chi connectivity index (χ0) is 24.5. The normalized spacial score (nSPS) is 17.6. The number of hydrogen-bond acceptors (Lipinski definition) is 4. The fraction of sp³-hybridized carbons (Fsp3) is 0.630. The zero-order valence-electron chi connectivity index (χ0n) is 21.7. The molecule has 5 heteroatoms. The summed E-state index contributed by atoms with van der Waals surface area (Å²) in [5, 5.41) is 10.1. The lowest BCUT2D eigenvalue weighted by Crippen LogP contribution is -2.50. The van der Waals surface area contributed by atoms with Crippen molar-refractivity contribution in [2.75, 3.05) is 13.7 Å². The third-order valence-electron chi connectivity index (χ3n) is 6.79. The smallest absolute Gasteiger partial charge is 0.192 e. The van der Waals surface area contributed by atoms with Gasteiger partial charge in [-0.1, -0.05) is 78.5 Å². The molecule has 0 aromatic heterocycles. The highest BCUT2D eigenvalue weighted by Crippen LogP contribution is 2.40. The Bertz CT molecular complexity index is 705. The third-order valence-corrected chi connectivity index (χ3v) is 11.3. The van der Waals surface area contributed by atoms with Crippen LogP contribution in [0.4, 0.5) is 0 Å². The molecular weight excluding hydrogens is 416 g/mol. The van der Waals surface area contributed by atoms with E-state index in [2.05, 4.69) is 67.3 Å². The lowest BCUT2D eigenvalue weighted by Gasteiger charge is -2.44. The molecule has 1 N–H and O–H groups in total. The number of ether oxygens (including phenoxy) is 2. The fourth-order valence-electron chi connectivity index (χ4n) is 3.61. The van der Waals surface area contributed by atoms with Crippen LogP contribution in [-0.2, 0) is 15.8 Å². The second-order valence-corrected chi connectivity index (χ2v) is 15.2. The minimum absolute atomic E-state index is 0.0156. The van der Waals surface area contributed by atoms with Crippen molar-refractivity contribution in [2.24, 2.45) is 17.8 Å². The monoisotopic (exact) mass is 462 g/mol. The van der Waals surface area contributed by atoms with Crippen LogP contribution >= 0.6 is 0 Å². The van der Waals surface area contributed by atoms with Gasteiger partial charge in [-0.05, 0) is 35.8 Å². The van der Waals surface area contributed by atoms with Crippen LogP contribution in [0.15, 0.2) is 49.1 Å². The van der Waals surface area contributed by atoms with Crippen molar-refractivity contribution >= 4 is 8.32 Å². The van der Waals surface area contributed by atoms with Gasteiger partial charge in [0.1, 0.15) is 5.75 Å². The van der Waals surface area contributed by atoms with Gasteiger partial charge >= 0.3 is 0 Å². The van der Waals surface area contributed by atoms with E-state index in [0.717, 1.165) is 11.3 Å². The Labute approximate surface area is 197 Å². The number of allylic oxidation sites excluding steroid dienone is 2. The predicted octanol–water partition coefficient (Wildman–Crippen LogP) is 6.61. The van der Waals surface area contributed by atoms with E-state index in [9.17, 15) is 5.11 Å². The summed E-state index contributed by atoms with van der Waals surface area (Å²) >= 11 is 0. The SMILES string of the molecule is C=C/C=C\[C@H](C)[C@H](OCc1ccc(OC)cc1)[C@@H](C)[C@H](O[Si](C)(C)C(C)(C)C)[C@@H](C)CO. The molecule has 1 aromatic carbocycles. The highest BCUT2D eigenvalue weighted by Gasteiger charge is 2.43. The van der Waals surface area contributed by atoms with Gasteiger partial charge in [0.15, 0.2) is 8.32 Å². The molecule has 5 atom stereocenters. The molecule has 1 rings (SSSR count). The Kier molecular flexibility index (Phi) is 11.4. The van der Waals surface area contributed by atoms with Crippen molar-refractivity contribution in [3.8, 4) is 5.75 Å². The number of rotatable bonds is 13. The van der Waals surface area contributed by atoms with Crippen LogP contribution in [0.2, 0.25) is 18.1 Å². The average molecular weight is 463 g/mol. The second-order valence-electron chi connectivity index (χ2n) is 10.5. The van der Waals surface area contributed by atoms with Crippen LogP contribution in [0.3, 0.4) is 0 Å². The molecule has 0 fully saturated rings. The van der Waals surface area contributed by atoms with Crippen molar-refractivity contribution in [1.29, 1.82) is 0 Å². The van der Waals surface area contributed by atoms with Crippen molar-refractivity contribution in [2.45, 2.75) is 78.5 Å². The van der Waals surface area contributed by atoms with Gasteiger partial charge in [0.2, 0.25) is 0 Å². The van der Waals surface area contributed by atoms with Crippen LogP contribution in [0.5, 0.6) is 5.75 Å². The van der Waals surface area contributed by atoms with Crippen molar-refractivity contribution in [3.05, 3.63) is 54.6 Å². The van der Waals surface area contributed by atoms with Gasteiger partial charge in [0.25, 0.3) is 0 Å². The minimum Gasteiger partial charge on any atom is -0.497 e. The molecule has 0 spiro atoms. The van der Waals surface area contributed by atoms with Crippen LogP contribution in [0.25, 0.3) is 0 Å². The van der Waals surface area contributed by atoms with Gasteiger partial charge < -0.3 is 19.0 Å². The van der Waals surface area contributed by atoms with Crippen molar-refractivity contribution in [1.82, 2.24) is 0 Å². The maximum absolute atomic E-state index is 10.0. The van der Waals surface area contributed by atoms with Crippen molar-refractivity contribution in [3.63, 3.8) is 0 Å². The first-order chi connectivity index (χ1) is 14.9. The summed E-state index contributed by atoms with van der Waals surface area (Å²) in [5.41, 5.74) is 1.10. The molecule has 0 aliphatic rings. The first-order valence-corrected chi connectivity index (χ1v) is 14.6. The predicted molar refractivity (Wildman–Crippen MR) is 138 cm³/mol. The molecule has 0 unspecified atom stereocenters. The summed E-state index contributed by atoms with van der Waals surface area (Å²) in [4.78, 5) is 0. The van der Waals surface area contributed by atoms with E-state index in [0.29, 0.717) is 6.61 Å². The van der Waals surface area contributed by atoms with E-state index in [1.165, 1.54) is 0 Å². The van der Waals surface area contributed by atoms with E-state index in [4.69, 9.17) is 13.9 Å². The highest BCUT2D eigenvalue weighted by molar-refractivity contribution is 6.74. The largest absolute Gasteiger partial charge is 0.497 e. The average Bonchev–Trinajstić information content (AvgIpc) is 2.75. The van der Waals surface area contributed by atoms with Crippen LogP contribution < -0.4 is 4.74 Å². The van der Waals surface area contributed by atoms with Gasteiger partial charge in [0, 0.05) is 24.4 Å².